The number of hydrogen-bond acceptors (Lipinski definition) is 2. The quantitative estimate of drug-likeness (QED) is 0.818. The molecule has 1 aromatic carbocycles. The van der Waals surface area contributed by atoms with Gasteiger partial charge in [0.25, 0.3) is 0 Å². The first-order valence-corrected chi connectivity index (χ1v) is 7.27. The zero-order valence-corrected chi connectivity index (χ0v) is 13.0. The monoisotopic (exact) mass is 296 g/mol. The van der Waals surface area contributed by atoms with E-state index in [4.69, 9.17) is 0 Å². The van der Waals surface area contributed by atoms with E-state index in [0.717, 1.165) is 45.3 Å². The van der Waals surface area contributed by atoms with E-state index in [1.165, 1.54) is 5.56 Å². The van der Waals surface area contributed by atoms with Crippen molar-refractivity contribution in [2.75, 3.05) is 26.7 Å². The maximum absolute atomic E-state index is 12.1. The molecule has 1 saturated heterocycles. The summed E-state index contributed by atoms with van der Waals surface area (Å²) in [5.74, 6) is 0.517. The number of benzene rings is 1. The molecule has 1 aromatic rings. The number of aryl methyl sites for hydroxylation is 1. The molecule has 1 amide bonds. The van der Waals surface area contributed by atoms with Crippen molar-refractivity contribution in [2.24, 2.45) is 5.92 Å². The van der Waals surface area contributed by atoms with Crippen LogP contribution in [0, 0.1) is 5.92 Å². The predicted octanol–water partition coefficient (Wildman–Crippen LogP) is 2.50. The van der Waals surface area contributed by atoms with Gasteiger partial charge in [-0.15, -0.1) is 12.4 Å². The Kier molecular flexibility index (Phi) is 7.63. The summed E-state index contributed by atoms with van der Waals surface area (Å²) < 4.78 is 0. The first-order chi connectivity index (χ1) is 9.27. The summed E-state index contributed by atoms with van der Waals surface area (Å²) in [6.07, 6.45) is 4.32. The van der Waals surface area contributed by atoms with Crippen molar-refractivity contribution in [2.45, 2.75) is 25.7 Å². The minimum Gasteiger partial charge on any atom is -0.345 e. The van der Waals surface area contributed by atoms with Crippen LogP contribution in [0.25, 0.3) is 0 Å². The molecule has 0 saturated carbocycles. The van der Waals surface area contributed by atoms with Crippen LogP contribution in [0.4, 0.5) is 0 Å². The topological polar surface area (TPSA) is 32.3 Å². The van der Waals surface area contributed by atoms with Crippen LogP contribution in [0.1, 0.15) is 24.8 Å². The Balaban J connectivity index is 0.00000200. The van der Waals surface area contributed by atoms with Gasteiger partial charge in [-0.1, -0.05) is 30.3 Å². The molecule has 0 bridgehead atoms. The summed E-state index contributed by atoms with van der Waals surface area (Å²) in [4.78, 5) is 14.0. The van der Waals surface area contributed by atoms with Gasteiger partial charge in [-0.2, -0.15) is 0 Å². The molecule has 1 aliphatic heterocycles. The minimum atomic E-state index is 0. The molecule has 0 spiro atoms. The summed E-state index contributed by atoms with van der Waals surface area (Å²) in [7, 11) is 1.93. The molecule has 1 fully saturated rings. The number of halogens is 1. The van der Waals surface area contributed by atoms with E-state index >= 15 is 0 Å². The van der Waals surface area contributed by atoms with Gasteiger partial charge < -0.3 is 10.2 Å². The number of carbonyl (C=O) groups is 1. The predicted molar refractivity (Wildman–Crippen MR) is 85.2 cm³/mol. The fourth-order valence-corrected chi connectivity index (χ4v) is 2.61. The number of nitrogens with one attached hydrogen (secondary N) is 1. The SMILES string of the molecule is CN(CCCCc1ccccc1)C(=O)C1CCNC1.Cl. The van der Waals surface area contributed by atoms with Gasteiger partial charge in [-0.3, -0.25) is 4.79 Å². The van der Waals surface area contributed by atoms with E-state index in [2.05, 4.69) is 29.6 Å². The second-order valence-corrected chi connectivity index (χ2v) is 5.39. The first kappa shape index (κ1) is 17.0. The molecular formula is C16H25ClN2O. The Morgan fingerprint density at radius 3 is 2.70 bits per heavy atom. The molecule has 2 rings (SSSR count). The van der Waals surface area contributed by atoms with Crippen molar-refractivity contribution in [1.29, 1.82) is 0 Å². The molecule has 1 atom stereocenters. The third-order valence-corrected chi connectivity index (χ3v) is 3.84. The highest BCUT2D eigenvalue weighted by atomic mass is 35.5. The molecule has 0 radical (unpaired) electrons. The molecule has 0 aromatic heterocycles. The molecule has 3 nitrogen and oxygen atoms in total. The number of unbranched alkanes of at least 4 members (excludes halogenated alkanes) is 1. The van der Waals surface area contributed by atoms with Crippen LogP contribution >= 0.6 is 12.4 Å². The maximum Gasteiger partial charge on any atom is 0.226 e. The number of amides is 1. The van der Waals surface area contributed by atoms with E-state index < -0.39 is 0 Å². The fourth-order valence-electron chi connectivity index (χ4n) is 2.61. The van der Waals surface area contributed by atoms with Gasteiger partial charge in [0.15, 0.2) is 0 Å². The second-order valence-electron chi connectivity index (χ2n) is 5.39. The summed E-state index contributed by atoms with van der Waals surface area (Å²) in [5, 5.41) is 3.25. The van der Waals surface area contributed by atoms with Crippen molar-refractivity contribution in [3.8, 4) is 0 Å². The zero-order valence-electron chi connectivity index (χ0n) is 12.2. The van der Waals surface area contributed by atoms with Crippen LogP contribution in [-0.2, 0) is 11.2 Å². The maximum atomic E-state index is 12.1. The van der Waals surface area contributed by atoms with Gasteiger partial charge in [0.1, 0.15) is 0 Å². The number of rotatable bonds is 6. The van der Waals surface area contributed by atoms with Gasteiger partial charge >= 0.3 is 0 Å². The molecular weight excluding hydrogens is 272 g/mol. The van der Waals surface area contributed by atoms with E-state index in [-0.39, 0.29) is 18.3 Å². The van der Waals surface area contributed by atoms with Gasteiger partial charge in [0.2, 0.25) is 5.91 Å². The lowest BCUT2D eigenvalue weighted by Crippen LogP contribution is -2.34. The van der Waals surface area contributed by atoms with Crippen molar-refractivity contribution in [3.05, 3.63) is 35.9 Å². The van der Waals surface area contributed by atoms with Gasteiger partial charge in [0, 0.05) is 20.1 Å². The Morgan fingerprint density at radius 2 is 2.05 bits per heavy atom. The van der Waals surface area contributed by atoms with Crippen molar-refractivity contribution in [1.82, 2.24) is 10.2 Å². The van der Waals surface area contributed by atoms with Gasteiger partial charge in [0.05, 0.1) is 5.92 Å². The number of nitrogens with zero attached hydrogens (tertiary/aromatic N) is 1. The Morgan fingerprint density at radius 1 is 1.30 bits per heavy atom. The minimum absolute atomic E-state index is 0. The van der Waals surface area contributed by atoms with Crippen LogP contribution in [0.3, 0.4) is 0 Å². The highest BCUT2D eigenvalue weighted by Crippen LogP contribution is 2.11. The fraction of sp³-hybridized carbons (Fsp3) is 0.562. The normalized spacial score (nSPS) is 17.6. The van der Waals surface area contributed by atoms with E-state index in [9.17, 15) is 4.79 Å². The molecule has 20 heavy (non-hydrogen) atoms. The number of carbonyl (C=O) groups excluding carboxylic acids is 1. The van der Waals surface area contributed by atoms with E-state index in [1.54, 1.807) is 0 Å². The van der Waals surface area contributed by atoms with Crippen molar-refractivity contribution >= 4 is 18.3 Å². The Bertz CT molecular complexity index is 391. The average molecular weight is 297 g/mol. The average Bonchev–Trinajstić information content (AvgIpc) is 2.98. The Labute approximate surface area is 128 Å². The lowest BCUT2D eigenvalue weighted by molar-refractivity contribution is -0.133. The van der Waals surface area contributed by atoms with Gasteiger partial charge in [-0.05, 0) is 37.8 Å². The van der Waals surface area contributed by atoms with Crippen molar-refractivity contribution < 1.29 is 4.79 Å². The van der Waals surface area contributed by atoms with Gasteiger partial charge in [-0.25, -0.2) is 0 Å². The number of hydrogen-bond donors (Lipinski definition) is 1. The van der Waals surface area contributed by atoms with Crippen LogP contribution in [0.2, 0.25) is 0 Å². The van der Waals surface area contributed by atoms with Crippen LogP contribution < -0.4 is 5.32 Å². The Hall–Kier alpha value is -1.06. The summed E-state index contributed by atoms with van der Waals surface area (Å²) >= 11 is 0. The molecule has 112 valence electrons. The summed E-state index contributed by atoms with van der Waals surface area (Å²) in [5.41, 5.74) is 1.39. The summed E-state index contributed by atoms with van der Waals surface area (Å²) in [6, 6.07) is 10.5. The van der Waals surface area contributed by atoms with Crippen LogP contribution in [0.15, 0.2) is 30.3 Å². The molecule has 1 heterocycles. The largest absolute Gasteiger partial charge is 0.345 e. The zero-order chi connectivity index (χ0) is 13.5. The summed E-state index contributed by atoms with van der Waals surface area (Å²) in [6.45, 7) is 2.72. The molecule has 1 aliphatic rings. The van der Waals surface area contributed by atoms with Crippen LogP contribution in [-0.4, -0.2) is 37.5 Å². The lowest BCUT2D eigenvalue weighted by Gasteiger charge is -2.20. The standard InChI is InChI=1S/C16H24N2O.ClH/c1-18(16(19)15-10-11-17-13-15)12-6-5-9-14-7-3-2-4-8-14;/h2-4,7-8,15,17H,5-6,9-13H2,1H3;1H. The molecule has 1 unspecified atom stereocenters. The van der Waals surface area contributed by atoms with Crippen LogP contribution in [0.5, 0.6) is 0 Å². The smallest absolute Gasteiger partial charge is 0.226 e. The lowest BCUT2D eigenvalue weighted by atomic mass is 10.1. The second kappa shape index (κ2) is 8.98. The van der Waals surface area contributed by atoms with Crippen molar-refractivity contribution in [3.63, 3.8) is 0 Å². The highest BCUT2D eigenvalue weighted by molar-refractivity contribution is 5.85. The third kappa shape index (κ3) is 5.14. The molecule has 4 heteroatoms. The first-order valence-electron chi connectivity index (χ1n) is 7.27. The molecule has 0 aliphatic carbocycles. The third-order valence-electron chi connectivity index (χ3n) is 3.84. The molecule has 1 N–H and O–H groups in total. The van der Waals surface area contributed by atoms with E-state index in [1.807, 2.05) is 18.0 Å². The van der Waals surface area contributed by atoms with E-state index in [0.29, 0.717) is 5.91 Å². The highest BCUT2D eigenvalue weighted by Gasteiger charge is 2.24.